The molecule has 70 valence electrons. The number of carbonyl (C=O) groups is 1. The number of hydrogen-bond donors (Lipinski definition) is 1. The first-order valence-electron chi connectivity index (χ1n) is 4.40. The Balaban J connectivity index is 2.57. The van der Waals surface area contributed by atoms with Crippen molar-refractivity contribution in [1.82, 2.24) is 0 Å². The van der Waals surface area contributed by atoms with Gasteiger partial charge in [0.05, 0.1) is 18.8 Å². The molecular weight excluding hydrogens is 156 g/mol. The van der Waals surface area contributed by atoms with Crippen LogP contribution in [0.3, 0.4) is 0 Å². The Hall–Kier alpha value is -0.410. The molecule has 0 radical (unpaired) electrons. The molecule has 0 spiro atoms. The number of rotatable bonds is 3. The van der Waals surface area contributed by atoms with Crippen molar-refractivity contribution < 1.29 is 14.6 Å². The average Bonchev–Trinajstić information content (AvgIpc) is 2.32. The van der Waals surface area contributed by atoms with E-state index in [0.717, 1.165) is 6.29 Å². The third-order valence-corrected chi connectivity index (χ3v) is 2.45. The van der Waals surface area contributed by atoms with Crippen molar-refractivity contribution in [2.75, 3.05) is 6.61 Å². The van der Waals surface area contributed by atoms with Crippen LogP contribution in [-0.4, -0.2) is 30.2 Å². The van der Waals surface area contributed by atoms with Gasteiger partial charge >= 0.3 is 0 Å². The summed E-state index contributed by atoms with van der Waals surface area (Å²) >= 11 is 0. The van der Waals surface area contributed by atoms with E-state index in [1.165, 1.54) is 0 Å². The second kappa shape index (κ2) is 4.01. The van der Waals surface area contributed by atoms with Crippen LogP contribution in [0.25, 0.3) is 0 Å². The molecule has 1 fully saturated rings. The van der Waals surface area contributed by atoms with Gasteiger partial charge in [0, 0.05) is 12.3 Å². The molecule has 1 rings (SSSR count). The minimum absolute atomic E-state index is 0.0718. The summed E-state index contributed by atoms with van der Waals surface area (Å²) in [5.74, 6) is 0.489. The fourth-order valence-electron chi connectivity index (χ4n) is 1.89. The molecule has 1 aliphatic heterocycles. The lowest BCUT2D eigenvalue weighted by Gasteiger charge is -2.22. The van der Waals surface area contributed by atoms with Crippen molar-refractivity contribution in [2.24, 2.45) is 11.8 Å². The summed E-state index contributed by atoms with van der Waals surface area (Å²) in [6.07, 6.45) is 0.797. The van der Waals surface area contributed by atoms with Gasteiger partial charge in [-0.25, -0.2) is 0 Å². The number of aldehydes is 1. The molecule has 1 saturated heterocycles. The lowest BCUT2D eigenvalue weighted by Crippen LogP contribution is -2.29. The first kappa shape index (κ1) is 9.68. The molecule has 1 aliphatic rings. The van der Waals surface area contributed by atoms with Gasteiger partial charge in [-0.05, 0) is 5.92 Å². The molecule has 0 aliphatic carbocycles. The lowest BCUT2D eigenvalue weighted by molar-refractivity contribution is -0.110. The summed E-state index contributed by atoms with van der Waals surface area (Å²) in [6.45, 7) is 4.46. The van der Waals surface area contributed by atoms with E-state index in [-0.39, 0.29) is 12.0 Å². The minimum atomic E-state index is -0.394. The topological polar surface area (TPSA) is 46.5 Å². The number of hydrogen-bond acceptors (Lipinski definition) is 3. The molecule has 1 unspecified atom stereocenters. The molecule has 0 aromatic carbocycles. The van der Waals surface area contributed by atoms with Crippen LogP contribution in [-0.2, 0) is 9.53 Å². The Morgan fingerprint density at radius 2 is 2.33 bits per heavy atom. The second-order valence-corrected chi connectivity index (χ2v) is 3.66. The molecule has 3 heteroatoms. The van der Waals surface area contributed by atoms with Crippen molar-refractivity contribution in [1.29, 1.82) is 0 Å². The summed E-state index contributed by atoms with van der Waals surface area (Å²) in [4.78, 5) is 10.3. The van der Waals surface area contributed by atoms with Crippen molar-refractivity contribution in [3.8, 4) is 0 Å². The molecule has 0 amide bonds. The smallest absolute Gasteiger partial charge is 0.122 e. The van der Waals surface area contributed by atoms with Crippen LogP contribution < -0.4 is 0 Å². The summed E-state index contributed by atoms with van der Waals surface area (Å²) in [5.41, 5.74) is 0. The SMILES string of the molecule is CC(C)C1[C@H](O)CO[C@@H]1CC=O. The molecule has 3 nitrogen and oxygen atoms in total. The highest BCUT2D eigenvalue weighted by molar-refractivity contribution is 5.50. The Kier molecular flexibility index (Phi) is 3.23. The Bertz CT molecular complexity index is 156. The van der Waals surface area contributed by atoms with Crippen LogP contribution in [0, 0.1) is 11.8 Å². The summed E-state index contributed by atoms with van der Waals surface area (Å²) in [5, 5.41) is 9.52. The van der Waals surface area contributed by atoms with Gasteiger partial charge in [-0.2, -0.15) is 0 Å². The highest BCUT2D eigenvalue weighted by Gasteiger charge is 2.37. The summed E-state index contributed by atoms with van der Waals surface area (Å²) in [7, 11) is 0. The van der Waals surface area contributed by atoms with E-state index in [1.807, 2.05) is 13.8 Å². The van der Waals surface area contributed by atoms with E-state index in [9.17, 15) is 9.90 Å². The molecule has 0 bridgehead atoms. The fraction of sp³-hybridized carbons (Fsp3) is 0.889. The third kappa shape index (κ3) is 1.84. The zero-order valence-corrected chi connectivity index (χ0v) is 7.56. The predicted molar refractivity (Wildman–Crippen MR) is 44.8 cm³/mol. The van der Waals surface area contributed by atoms with E-state index in [4.69, 9.17) is 4.74 Å². The van der Waals surface area contributed by atoms with E-state index in [2.05, 4.69) is 0 Å². The number of aliphatic hydroxyl groups is 1. The molecular formula is C9H16O3. The quantitative estimate of drug-likeness (QED) is 0.634. The van der Waals surface area contributed by atoms with Crippen LogP contribution >= 0.6 is 0 Å². The van der Waals surface area contributed by atoms with Gasteiger partial charge in [0.1, 0.15) is 6.29 Å². The maximum Gasteiger partial charge on any atom is 0.122 e. The van der Waals surface area contributed by atoms with Crippen LogP contribution in [0.5, 0.6) is 0 Å². The van der Waals surface area contributed by atoms with Crippen molar-refractivity contribution >= 4 is 6.29 Å². The molecule has 1 heterocycles. The predicted octanol–water partition coefficient (Wildman–Crippen LogP) is 0.607. The Morgan fingerprint density at radius 1 is 1.67 bits per heavy atom. The number of ether oxygens (including phenoxy) is 1. The number of aliphatic hydroxyl groups excluding tert-OH is 1. The first-order valence-corrected chi connectivity index (χ1v) is 4.40. The van der Waals surface area contributed by atoms with Gasteiger partial charge in [0.2, 0.25) is 0 Å². The molecule has 12 heavy (non-hydrogen) atoms. The Morgan fingerprint density at radius 3 is 2.83 bits per heavy atom. The second-order valence-electron chi connectivity index (χ2n) is 3.66. The van der Waals surface area contributed by atoms with Crippen LogP contribution in [0.1, 0.15) is 20.3 Å². The summed E-state index contributed by atoms with van der Waals surface area (Å²) in [6, 6.07) is 0. The van der Waals surface area contributed by atoms with Gasteiger partial charge in [-0.1, -0.05) is 13.8 Å². The van der Waals surface area contributed by atoms with Crippen LogP contribution in [0.4, 0.5) is 0 Å². The van der Waals surface area contributed by atoms with Crippen molar-refractivity contribution in [3.05, 3.63) is 0 Å². The lowest BCUT2D eigenvalue weighted by atomic mass is 9.86. The van der Waals surface area contributed by atoms with E-state index >= 15 is 0 Å². The summed E-state index contributed by atoms with van der Waals surface area (Å²) < 4.78 is 5.30. The standard InChI is InChI=1S/C9H16O3/c1-6(2)9-7(11)5-12-8(9)3-4-10/h4,6-9,11H,3,5H2,1-2H3/t7-,8-,9?/m1/s1. The molecule has 1 N–H and O–H groups in total. The molecule has 0 saturated carbocycles. The van der Waals surface area contributed by atoms with Gasteiger partial charge in [0.15, 0.2) is 0 Å². The zero-order valence-electron chi connectivity index (χ0n) is 7.56. The largest absolute Gasteiger partial charge is 0.390 e. The van der Waals surface area contributed by atoms with E-state index in [0.29, 0.717) is 18.9 Å². The van der Waals surface area contributed by atoms with Gasteiger partial charge in [0.25, 0.3) is 0 Å². The van der Waals surface area contributed by atoms with E-state index < -0.39 is 6.10 Å². The maximum atomic E-state index is 10.3. The monoisotopic (exact) mass is 172 g/mol. The van der Waals surface area contributed by atoms with Crippen LogP contribution in [0.15, 0.2) is 0 Å². The van der Waals surface area contributed by atoms with Gasteiger partial charge in [-0.3, -0.25) is 0 Å². The highest BCUT2D eigenvalue weighted by atomic mass is 16.5. The first-order chi connectivity index (χ1) is 5.66. The molecule has 0 aromatic rings. The van der Waals surface area contributed by atoms with Crippen molar-refractivity contribution in [3.63, 3.8) is 0 Å². The van der Waals surface area contributed by atoms with E-state index in [1.54, 1.807) is 0 Å². The average molecular weight is 172 g/mol. The Labute approximate surface area is 72.7 Å². The zero-order chi connectivity index (χ0) is 9.14. The van der Waals surface area contributed by atoms with Gasteiger partial charge < -0.3 is 14.6 Å². The normalized spacial score (nSPS) is 35.8. The third-order valence-electron chi connectivity index (χ3n) is 2.45. The minimum Gasteiger partial charge on any atom is -0.390 e. The van der Waals surface area contributed by atoms with Crippen LogP contribution in [0.2, 0.25) is 0 Å². The number of carbonyl (C=O) groups excluding carboxylic acids is 1. The molecule has 0 aromatic heterocycles. The molecule has 3 atom stereocenters. The highest BCUT2D eigenvalue weighted by Crippen LogP contribution is 2.29. The van der Waals surface area contributed by atoms with Crippen molar-refractivity contribution in [2.45, 2.75) is 32.5 Å². The maximum absolute atomic E-state index is 10.3. The van der Waals surface area contributed by atoms with Gasteiger partial charge in [-0.15, -0.1) is 0 Å². The fourth-order valence-corrected chi connectivity index (χ4v) is 1.89.